The molecule has 0 aliphatic heterocycles. The average Bonchev–Trinajstić information content (AvgIpc) is 1.41. The minimum atomic E-state index is 0. The second kappa shape index (κ2) is 8.95. The fourth-order valence-corrected chi connectivity index (χ4v) is 0.167. The van der Waals surface area contributed by atoms with Crippen LogP contribution in [-0.4, -0.2) is 6.54 Å². The summed E-state index contributed by atoms with van der Waals surface area (Å²) >= 11 is 0. The third-order valence-electron chi connectivity index (χ3n) is 0.402. The van der Waals surface area contributed by atoms with E-state index in [1.165, 1.54) is 0 Å². The zero-order chi connectivity index (χ0) is 4.12. The number of quaternary nitrogens is 1. The minimum absolute atomic E-state index is 0. The summed E-state index contributed by atoms with van der Waals surface area (Å²) in [7, 11) is 0. The van der Waals surface area contributed by atoms with Gasteiger partial charge in [0.2, 0.25) is 0 Å². The highest BCUT2D eigenvalue weighted by atomic mass is 79.9. The molecule has 6 heavy (non-hydrogen) atoms. The van der Waals surface area contributed by atoms with Gasteiger partial charge in [0, 0.05) is 0 Å². The molecule has 3 N–H and O–H groups in total. The van der Waals surface area contributed by atoms with Gasteiger partial charge in [0.05, 0.1) is 6.54 Å². The van der Waals surface area contributed by atoms with Crippen molar-refractivity contribution < 1.29 is 22.7 Å². The highest BCUT2D eigenvalue weighted by Gasteiger charge is 1.55. The van der Waals surface area contributed by atoms with Crippen molar-refractivity contribution in [1.82, 2.24) is 0 Å². The van der Waals surface area contributed by atoms with Gasteiger partial charge in [-0.05, 0) is 13.0 Å². The van der Waals surface area contributed by atoms with E-state index in [9.17, 15) is 0 Å². The van der Waals surface area contributed by atoms with E-state index >= 15 is 0 Å². The highest BCUT2D eigenvalue weighted by Crippen LogP contribution is 1.56. The monoisotopic (exact) mass is 151 g/mol. The Morgan fingerprint density at radius 3 is 2.17 bits per heavy atom. The maximum Gasteiger partial charge on any atom is 0.0926 e. The summed E-state index contributed by atoms with van der Waals surface area (Å²) in [5, 5.41) is 0. The number of hydrogen-bond donors (Lipinski definition) is 1. The number of allylic oxidation sites excluding steroid dienone is 1. The lowest BCUT2D eigenvalue weighted by molar-refractivity contribution is -0.352. The van der Waals surface area contributed by atoms with Gasteiger partial charge in [-0.2, -0.15) is 0 Å². The summed E-state index contributed by atoms with van der Waals surface area (Å²) in [5.41, 5.74) is 3.59. The maximum atomic E-state index is 3.59. The Labute approximate surface area is 49.0 Å². The lowest BCUT2D eigenvalue weighted by Gasteiger charge is -1.63. The van der Waals surface area contributed by atoms with Crippen molar-refractivity contribution in [3.05, 3.63) is 12.2 Å². The molecule has 38 valence electrons. The molecule has 2 heteroatoms. The molecule has 0 bridgehead atoms. The Bertz CT molecular complexity index is 34.5. The number of rotatable bonds is 1. The first-order chi connectivity index (χ1) is 2.41. The summed E-state index contributed by atoms with van der Waals surface area (Å²) < 4.78 is 0. The lowest BCUT2D eigenvalue weighted by atomic mass is 10.5. The van der Waals surface area contributed by atoms with E-state index in [-0.39, 0.29) is 17.0 Å². The molecule has 0 saturated heterocycles. The van der Waals surface area contributed by atoms with E-state index < -0.39 is 0 Å². The van der Waals surface area contributed by atoms with E-state index in [0.717, 1.165) is 6.54 Å². The summed E-state index contributed by atoms with van der Waals surface area (Å²) in [6, 6.07) is 0. The van der Waals surface area contributed by atoms with E-state index in [1.807, 2.05) is 19.1 Å². The molecule has 0 radical (unpaired) electrons. The topological polar surface area (TPSA) is 27.6 Å². The first kappa shape index (κ1) is 9.49. The van der Waals surface area contributed by atoms with Crippen molar-refractivity contribution in [2.24, 2.45) is 0 Å². The van der Waals surface area contributed by atoms with Crippen molar-refractivity contribution in [2.45, 2.75) is 6.92 Å². The smallest absolute Gasteiger partial charge is 0.0926 e. The molecule has 0 aromatic carbocycles. The highest BCUT2D eigenvalue weighted by molar-refractivity contribution is 4.73. The van der Waals surface area contributed by atoms with Crippen molar-refractivity contribution in [1.29, 1.82) is 0 Å². The van der Waals surface area contributed by atoms with E-state index in [0.29, 0.717) is 0 Å². The summed E-state index contributed by atoms with van der Waals surface area (Å²) in [6.07, 6.45) is 4.01. The molecule has 0 rings (SSSR count). The Kier molecular flexibility index (Phi) is 14.2. The van der Waals surface area contributed by atoms with Crippen LogP contribution in [0, 0.1) is 0 Å². The summed E-state index contributed by atoms with van der Waals surface area (Å²) in [6.45, 7) is 2.90. The van der Waals surface area contributed by atoms with E-state index in [4.69, 9.17) is 0 Å². The summed E-state index contributed by atoms with van der Waals surface area (Å²) in [4.78, 5) is 0. The SMILES string of the molecule is CC=CC[NH3+].[Br-]. The van der Waals surface area contributed by atoms with Crippen LogP contribution in [0.1, 0.15) is 6.92 Å². The van der Waals surface area contributed by atoms with E-state index in [2.05, 4.69) is 5.73 Å². The zero-order valence-corrected chi connectivity index (χ0v) is 5.53. The quantitative estimate of drug-likeness (QED) is 0.383. The fraction of sp³-hybridized carbons (Fsp3) is 0.500. The van der Waals surface area contributed by atoms with Gasteiger partial charge in [-0.1, -0.05) is 6.08 Å². The standard InChI is InChI=1S/C4H9N.BrH/c1-2-3-4-5;/h2-3H,4-5H2,1H3;1H. The van der Waals surface area contributed by atoms with Crippen molar-refractivity contribution in [2.75, 3.05) is 6.54 Å². The van der Waals surface area contributed by atoms with E-state index in [1.54, 1.807) is 0 Å². The molecule has 0 aliphatic rings. The molecule has 0 aromatic heterocycles. The predicted molar refractivity (Wildman–Crippen MR) is 22.6 cm³/mol. The van der Waals surface area contributed by atoms with Crippen molar-refractivity contribution in [3.8, 4) is 0 Å². The number of hydrogen-bond acceptors (Lipinski definition) is 0. The lowest BCUT2D eigenvalue weighted by Crippen LogP contribution is -3.00. The van der Waals surface area contributed by atoms with Gasteiger partial charge < -0.3 is 22.7 Å². The third-order valence-corrected chi connectivity index (χ3v) is 0.402. The molecule has 0 heterocycles. The first-order valence-corrected chi connectivity index (χ1v) is 1.82. The van der Waals surface area contributed by atoms with Gasteiger partial charge in [0.1, 0.15) is 0 Å². The van der Waals surface area contributed by atoms with Crippen LogP contribution >= 0.6 is 0 Å². The van der Waals surface area contributed by atoms with Crippen LogP contribution in [-0.2, 0) is 0 Å². The molecule has 0 aromatic rings. The molecule has 0 amide bonds. The normalized spacial score (nSPS) is 8.33. The average molecular weight is 152 g/mol. The van der Waals surface area contributed by atoms with Crippen LogP contribution in [0.25, 0.3) is 0 Å². The van der Waals surface area contributed by atoms with Crippen LogP contribution < -0.4 is 22.7 Å². The van der Waals surface area contributed by atoms with Gasteiger partial charge in [-0.15, -0.1) is 0 Å². The minimum Gasteiger partial charge on any atom is -1.00 e. The van der Waals surface area contributed by atoms with Crippen LogP contribution in [0.2, 0.25) is 0 Å². The maximum absolute atomic E-state index is 3.59. The van der Waals surface area contributed by atoms with Gasteiger partial charge in [0.15, 0.2) is 0 Å². The second-order valence-corrected chi connectivity index (χ2v) is 0.858. The molecule has 0 spiro atoms. The number of halogens is 1. The van der Waals surface area contributed by atoms with Crippen molar-refractivity contribution >= 4 is 0 Å². The summed E-state index contributed by atoms with van der Waals surface area (Å²) in [5.74, 6) is 0. The fourth-order valence-electron chi connectivity index (χ4n) is 0.167. The predicted octanol–water partition coefficient (Wildman–Crippen LogP) is -3.19. The molecule has 0 aliphatic carbocycles. The Morgan fingerprint density at radius 1 is 1.67 bits per heavy atom. The largest absolute Gasteiger partial charge is 1.00 e. The van der Waals surface area contributed by atoms with Gasteiger partial charge in [0.25, 0.3) is 0 Å². The van der Waals surface area contributed by atoms with Gasteiger partial charge >= 0.3 is 0 Å². The zero-order valence-electron chi connectivity index (χ0n) is 3.95. The molecular weight excluding hydrogens is 142 g/mol. The Hall–Kier alpha value is 0.180. The van der Waals surface area contributed by atoms with Crippen LogP contribution in [0.4, 0.5) is 0 Å². The molecule has 0 atom stereocenters. The third kappa shape index (κ3) is 8.89. The first-order valence-electron chi connectivity index (χ1n) is 1.82. The Morgan fingerprint density at radius 2 is 2.17 bits per heavy atom. The van der Waals surface area contributed by atoms with Crippen LogP contribution in [0.3, 0.4) is 0 Å². The molecular formula is C4H10BrN. The Balaban J connectivity index is 0. The van der Waals surface area contributed by atoms with Crippen LogP contribution in [0.15, 0.2) is 12.2 Å². The molecule has 0 unspecified atom stereocenters. The molecule has 1 nitrogen and oxygen atoms in total. The molecule has 0 saturated carbocycles. The van der Waals surface area contributed by atoms with Crippen molar-refractivity contribution in [3.63, 3.8) is 0 Å². The molecule has 0 fully saturated rings. The van der Waals surface area contributed by atoms with Gasteiger partial charge in [-0.25, -0.2) is 0 Å². The second-order valence-electron chi connectivity index (χ2n) is 0.858. The van der Waals surface area contributed by atoms with Gasteiger partial charge in [-0.3, -0.25) is 0 Å². The van der Waals surface area contributed by atoms with Crippen LogP contribution in [0.5, 0.6) is 0 Å².